The molecule has 0 saturated carbocycles. The van der Waals surface area contributed by atoms with Crippen molar-refractivity contribution in [2.75, 3.05) is 18.7 Å². The highest BCUT2D eigenvalue weighted by Gasteiger charge is 2.29. The van der Waals surface area contributed by atoms with Crippen LogP contribution in [0.4, 0.5) is 11.6 Å². The van der Waals surface area contributed by atoms with Crippen LogP contribution < -0.4 is 15.2 Å². The van der Waals surface area contributed by atoms with Crippen LogP contribution in [0.15, 0.2) is 53.3 Å². The molecule has 0 spiro atoms. The summed E-state index contributed by atoms with van der Waals surface area (Å²) in [5.41, 5.74) is 4.96. The number of fused-ring (bicyclic) bond motifs is 1. The molecule has 2 aromatic carbocycles. The van der Waals surface area contributed by atoms with E-state index in [-0.39, 0.29) is 5.56 Å². The predicted octanol–water partition coefficient (Wildman–Crippen LogP) is 4.00. The maximum Gasteiger partial charge on any atom is 0.259 e. The van der Waals surface area contributed by atoms with Gasteiger partial charge in [-0.25, -0.2) is 4.98 Å². The molecule has 4 rings (SSSR count). The van der Waals surface area contributed by atoms with E-state index in [0.29, 0.717) is 25.7 Å². The Morgan fingerprint density at radius 2 is 1.77 bits per heavy atom. The van der Waals surface area contributed by atoms with Crippen LogP contribution in [0, 0.1) is 13.8 Å². The summed E-state index contributed by atoms with van der Waals surface area (Å²) in [6.45, 7) is 7.88. The van der Waals surface area contributed by atoms with E-state index in [4.69, 9.17) is 9.72 Å². The zero-order valence-electron chi connectivity index (χ0n) is 18.1. The first-order chi connectivity index (χ1) is 14.5. The van der Waals surface area contributed by atoms with Gasteiger partial charge in [0.05, 0.1) is 26.1 Å². The second-order valence-corrected chi connectivity index (χ2v) is 7.76. The second kappa shape index (κ2) is 8.32. The first-order valence-corrected chi connectivity index (χ1v) is 10.3. The Balaban J connectivity index is 1.81. The van der Waals surface area contributed by atoms with E-state index in [1.54, 1.807) is 11.7 Å². The Labute approximate surface area is 177 Å². The van der Waals surface area contributed by atoms with Gasteiger partial charge in [-0.15, -0.1) is 0 Å². The van der Waals surface area contributed by atoms with Gasteiger partial charge in [0.15, 0.2) is 0 Å². The van der Waals surface area contributed by atoms with Gasteiger partial charge in [-0.05, 0) is 38.0 Å². The summed E-state index contributed by atoms with van der Waals surface area (Å²) in [5, 5.41) is 0. The average Bonchev–Trinajstić information content (AvgIpc) is 2.76. The summed E-state index contributed by atoms with van der Waals surface area (Å²) >= 11 is 0. The number of nitrogens with zero attached hydrogens (tertiary/aromatic N) is 4. The lowest BCUT2D eigenvalue weighted by atomic mass is 10.1. The van der Waals surface area contributed by atoms with Gasteiger partial charge in [-0.1, -0.05) is 48.9 Å². The van der Waals surface area contributed by atoms with Crippen LogP contribution in [-0.4, -0.2) is 28.2 Å². The third-order valence-electron chi connectivity index (χ3n) is 5.63. The first kappa shape index (κ1) is 20.2. The Morgan fingerprint density at radius 1 is 1.03 bits per heavy atom. The average molecular weight is 405 g/mol. The number of rotatable bonds is 5. The molecule has 0 unspecified atom stereocenters. The lowest BCUT2D eigenvalue weighted by molar-refractivity contribution is 0.189. The number of para-hydroxylation sites is 2. The van der Waals surface area contributed by atoms with Crippen molar-refractivity contribution >= 4 is 11.6 Å². The van der Waals surface area contributed by atoms with Crippen LogP contribution in [0.25, 0.3) is 0 Å². The van der Waals surface area contributed by atoms with Crippen molar-refractivity contribution in [3.05, 3.63) is 81.3 Å². The molecule has 1 aromatic heterocycles. The van der Waals surface area contributed by atoms with Crippen molar-refractivity contribution in [3.8, 4) is 5.75 Å². The van der Waals surface area contributed by atoms with E-state index in [1.165, 1.54) is 11.1 Å². The van der Waals surface area contributed by atoms with Crippen LogP contribution in [-0.2, 0) is 19.6 Å². The summed E-state index contributed by atoms with van der Waals surface area (Å²) in [6.07, 6.45) is 0.671. The van der Waals surface area contributed by atoms with E-state index in [2.05, 4.69) is 41.0 Å². The zero-order valence-corrected chi connectivity index (χ0v) is 18.1. The van der Waals surface area contributed by atoms with E-state index < -0.39 is 0 Å². The topological polar surface area (TPSA) is 50.6 Å². The van der Waals surface area contributed by atoms with E-state index >= 15 is 0 Å². The van der Waals surface area contributed by atoms with E-state index in [1.807, 2.05) is 38.1 Å². The molecule has 156 valence electrons. The number of hydrogen-bond donors (Lipinski definition) is 0. The Hall–Kier alpha value is -3.12. The molecule has 0 bridgehead atoms. The van der Waals surface area contributed by atoms with Gasteiger partial charge in [0.1, 0.15) is 5.75 Å². The molecule has 1 aliphatic heterocycles. The van der Waals surface area contributed by atoms with Crippen molar-refractivity contribution < 1.29 is 4.74 Å². The van der Waals surface area contributed by atoms with Gasteiger partial charge in [-0.2, -0.15) is 0 Å². The van der Waals surface area contributed by atoms with Gasteiger partial charge in [0.25, 0.3) is 5.56 Å². The zero-order chi connectivity index (χ0) is 21.3. The summed E-state index contributed by atoms with van der Waals surface area (Å²) in [4.78, 5) is 22.4. The minimum Gasteiger partial charge on any atom is -0.495 e. The number of benzene rings is 2. The van der Waals surface area contributed by atoms with Crippen LogP contribution in [0.3, 0.4) is 0 Å². The number of hydrogen-bond acceptors (Lipinski definition) is 5. The maximum atomic E-state index is 13.3. The molecule has 1 aliphatic rings. The molecule has 0 saturated heterocycles. The Bertz CT molecular complexity index is 1110. The van der Waals surface area contributed by atoms with Gasteiger partial charge >= 0.3 is 0 Å². The molecule has 0 amide bonds. The maximum absolute atomic E-state index is 13.3. The van der Waals surface area contributed by atoms with Crippen molar-refractivity contribution in [2.24, 2.45) is 0 Å². The van der Waals surface area contributed by atoms with Crippen LogP contribution in [0.5, 0.6) is 5.75 Å². The van der Waals surface area contributed by atoms with Crippen molar-refractivity contribution in [1.82, 2.24) is 14.5 Å². The summed E-state index contributed by atoms with van der Waals surface area (Å²) in [6, 6.07) is 16.4. The number of methoxy groups -OCH3 is 1. The smallest absolute Gasteiger partial charge is 0.259 e. The lowest BCUT2D eigenvalue weighted by Crippen LogP contribution is -2.47. The third-order valence-corrected chi connectivity index (χ3v) is 5.63. The molecule has 2 heterocycles. The number of aryl methyl sites for hydroxylation is 2. The number of ether oxygens (including phenoxy) is 1. The van der Waals surface area contributed by atoms with Crippen molar-refractivity contribution in [2.45, 2.75) is 40.4 Å². The first-order valence-electron chi connectivity index (χ1n) is 10.3. The molecule has 0 fully saturated rings. The molecule has 30 heavy (non-hydrogen) atoms. The summed E-state index contributed by atoms with van der Waals surface area (Å²) < 4.78 is 7.40. The van der Waals surface area contributed by atoms with Gasteiger partial charge in [-0.3, -0.25) is 19.2 Å². The Kier molecular flexibility index (Phi) is 5.59. The fourth-order valence-electron chi connectivity index (χ4n) is 4.02. The molecule has 0 aliphatic carbocycles. The highest BCUT2D eigenvalue weighted by atomic mass is 16.5. The monoisotopic (exact) mass is 404 g/mol. The molecule has 0 atom stereocenters. The fraction of sp³-hybridized carbons (Fsp3) is 0.333. The van der Waals surface area contributed by atoms with E-state index in [0.717, 1.165) is 29.2 Å². The second-order valence-electron chi connectivity index (χ2n) is 7.76. The van der Waals surface area contributed by atoms with Gasteiger partial charge in [0, 0.05) is 17.8 Å². The highest BCUT2D eigenvalue weighted by molar-refractivity contribution is 5.66. The largest absolute Gasteiger partial charge is 0.495 e. The minimum atomic E-state index is 0.0357. The molecule has 0 radical (unpaired) electrons. The van der Waals surface area contributed by atoms with Crippen LogP contribution in [0.2, 0.25) is 0 Å². The quantitative estimate of drug-likeness (QED) is 0.643. The molecular weight excluding hydrogens is 376 g/mol. The fourth-order valence-corrected chi connectivity index (χ4v) is 4.02. The standard InChI is InChI=1S/C24H28N4O2/c1-5-20-18(3)25-24-27(21-8-6-7-9-22(21)30-4)15-26(16-28(24)23(20)29)14-19-12-10-17(2)11-13-19/h6-13H,5,14-16H2,1-4H3. The minimum absolute atomic E-state index is 0.0357. The van der Waals surface area contributed by atoms with Crippen LogP contribution >= 0.6 is 0 Å². The van der Waals surface area contributed by atoms with Gasteiger partial charge in [0.2, 0.25) is 5.95 Å². The Morgan fingerprint density at radius 3 is 2.47 bits per heavy atom. The number of aromatic nitrogens is 2. The molecule has 0 N–H and O–H groups in total. The van der Waals surface area contributed by atoms with Crippen LogP contribution in [0.1, 0.15) is 29.3 Å². The highest BCUT2D eigenvalue weighted by Crippen LogP contribution is 2.35. The SMILES string of the molecule is CCc1c(C)nc2n(c1=O)CN(Cc1ccc(C)cc1)CN2c1ccccc1OC. The summed E-state index contributed by atoms with van der Waals surface area (Å²) in [7, 11) is 1.67. The van der Waals surface area contributed by atoms with E-state index in [9.17, 15) is 4.79 Å². The summed E-state index contributed by atoms with van der Waals surface area (Å²) in [5.74, 6) is 1.42. The molecule has 6 heteroatoms. The lowest BCUT2D eigenvalue weighted by Gasteiger charge is -2.38. The molecule has 3 aromatic rings. The molecular formula is C24H28N4O2. The van der Waals surface area contributed by atoms with Gasteiger partial charge < -0.3 is 4.74 Å². The third kappa shape index (κ3) is 3.71. The van der Waals surface area contributed by atoms with Crippen molar-refractivity contribution in [1.29, 1.82) is 0 Å². The van der Waals surface area contributed by atoms with Crippen molar-refractivity contribution in [3.63, 3.8) is 0 Å². The predicted molar refractivity (Wildman–Crippen MR) is 119 cm³/mol. The number of anilines is 2. The molecule has 6 nitrogen and oxygen atoms in total. The normalized spacial score (nSPS) is 13.9.